The third kappa shape index (κ3) is 3.49. The Morgan fingerprint density at radius 1 is 1.38 bits per heavy atom. The average Bonchev–Trinajstić information content (AvgIpc) is 2.62. The van der Waals surface area contributed by atoms with Crippen molar-refractivity contribution >= 4 is 24.9 Å². The molecular weight excluding hydrogens is 216 g/mol. The van der Waals surface area contributed by atoms with E-state index in [9.17, 15) is 0 Å². The highest BCUT2D eigenvalue weighted by molar-refractivity contribution is 7.71. The third-order valence-corrected chi connectivity index (χ3v) is 2.75. The molecular formula is C13H20N2S. The smallest absolute Gasteiger partial charge is 0.175 e. The first kappa shape index (κ1) is 13.0. The van der Waals surface area contributed by atoms with E-state index in [1.54, 1.807) is 0 Å². The molecule has 1 aliphatic carbocycles. The predicted octanol–water partition coefficient (Wildman–Crippen LogP) is 2.65. The maximum atomic E-state index is 5.00. The van der Waals surface area contributed by atoms with Crippen LogP contribution in [-0.2, 0) is 0 Å². The molecule has 1 atom stereocenters. The molecule has 16 heavy (non-hydrogen) atoms. The summed E-state index contributed by atoms with van der Waals surface area (Å²) in [6.07, 6.45) is 10.3. The summed E-state index contributed by atoms with van der Waals surface area (Å²) in [7, 11) is 0. The van der Waals surface area contributed by atoms with E-state index in [0.717, 1.165) is 17.1 Å². The molecule has 0 spiro atoms. The van der Waals surface area contributed by atoms with Crippen molar-refractivity contribution in [3.63, 3.8) is 0 Å². The standard InChI is InChI=1S/C11H14N2S.C2H6/c1-8-10(13-11(14)12-8)7-9-5-3-2-4-6-9;1-2/h2-3,7,9H,1,4-6H2,(H2,12,13,14);1-2H3/b10-7-;. The summed E-state index contributed by atoms with van der Waals surface area (Å²) in [6, 6.07) is 0. The van der Waals surface area contributed by atoms with Gasteiger partial charge in [0.2, 0.25) is 0 Å². The molecule has 2 nitrogen and oxygen atoms in total. The SMILES string of the molecule is C=c1[nH]c(=S)[nH]/c1=C\C1CC=CCC1.CC. The van der Waals surface area contributed by atoms with Gasteiger partial charge in [0, 0.05) is 0 Å². The van der Waals surface area contributed by atoms with Gasteiger partial charge in [0.1, 0.15) is 0 Å². The van der Waals surface area contributed by atoms with Gasteiger partial charge in [-0.1, -0.05) is 38.7 Å². The zero-order valence-corrected chi connectivity index (χ0v) is 10.9. The van der Waals surface area contributed by atoms with Gasteiger partial charge in [-0.05, 0) is 37.4 Å². The normalized spacial score (nSPS) is 20.4. The molecule has 88 valence electrons. The summed E-state index contributed by atoms with van der Waals surface area (Å²) in [5.74, 6) is 0.627. The van der Waals surface area contributed by atoms with E-state index < -0.39 is 0 Å². The number of rotatable bonds is 1. The van der Waals surface area contributed by atoms with Gasteiger partial charge in [-0.3, -0.25) is 0 Å². The van der Waals surface area contributed by atoms with Crippen molar-refractivity contribution in [1.29, 1.82) is 0 Å². The van der Waals surface area contributed by atoms with Crippen LogP contribution in [0, 0.1) is 10.7 Å². The second-order valence-electron chi connectivity index (χ2n) is 3.68. The van der Waals surface area contributed by atoms with Crippen molar-refractivity contribution in [3.05, 3.63) is 27.6 Å². The van der Waals surface area contributed by atoms with Crippen molar-refractivity contribution in [3.8, 4) is 0 Å². The van der Waals surface area contributed by atoms with Crippen LogP contribution in [0.1, 0.15) is 33.1 Å². The first-order valence-electron chi connectivity index (χ1n) is 5.90. The van der Waals surface area contributed by atoms with Gasteiger partial charge in [-0.25, -0.2) is 0 Å². The van der Waals surface area contributed by atoms with Crippen LogP contribution in [0.4, 0.5) is 0 Å². The quantitative estimate of drug-likeness (QED) is 0.570. The maximum absolute atomic E-state index is 5.00. The fourth-order valence-electron chi connectivity index (χ4n) is 1.78. The van der Waals surface area contributed by atoms with Crippen LogP contribution in [0.2, 0.25) is 0 Å². The van der Waals surface area contributed by atoms with Gasteiger partial charge in [0.25, 0.3) is 0 Å². The Morgan fingerprint density at radius 2 is 2.12 bits per heavy atom. The van der Waals surface area contributed by atoms with E-state index >= 15 is 0 Å². The minimum atomic E-state index is 0.627. The Labute approximate surface area is 102 Å². The molecule has 0 amide bonds. The summed E-state index contributed by atoms with van der Waals surface area (Å²) < 4.78 is 0.660. The first-order valence-corrected chi connectivity index (χ1v) is 6.30. The Morgan fingerprint density at radius 3 is 2.62 bits per heavy atom. The number of aromatic nitrogens is 2. The van der Waals surface area contributed by atoms with Crippen LogP contribution in [0.5, 0.6) is 0 Å². The van der Waals surface area contributed by atoms with E-state index in [0.29, 0.717) is 10.7 Å². The predicted molar refractivity (Wildman–Crippen MR) is 73.0 cm³/mol. The highest BCUT2D eigenvalue weighted by atomic mass is 32.1. The van der Waals surface area contributed by atoms with Gasteiger partial charge in [-0.2, -0.15) is 0 Å². The molecule has 2 N–H and O–H groups in total. The number of imidazole rings is 1. The van der Waals surface area contributed by atoms with Gasteiger partial charge in [0.15, 0.2) is 4.77 Å². The minimum Gasteiger partial charge on any atom is -0.331 e. The van der Waals surface area contributed by atoms with Crippen molar-refractivity contribution < 1.29 is 0 Å². The van der Waals surface area contributed by atoms with Crippen molar-refractivity contribution in [1.82, 2.24) is 9.97 Å². The lowest BCUT2D eigenvalue weighted by Gasteiger charge is -2.11. The van der Waals surface area contributed by atoms with Crippen molar-refractivity contribution in [2.24, 2.45) is 5.92 Å². The summed E-state index contributed by atoms with van der Waals surface area (Å²) in [5, 5.41) is 1.94. The first-order chi connectivity index (χ1) is 7.75. The van der Waals surface area contributed by atoms with E-state index in [1.807, 2.05) is 13.8 Å². The van der Waals surface area contributed by atoms with Crippen molar-refractivity contribution in [2.75, 3.05) is 0 Å². The van der Waals surface area contributed by atoms with Crippen LogP contribution in [0.15, 0.2) is 12.2 Å². The minimum absolute atomic E-state index is 0.627. The molecule has 3 heteroatoms. The summed E-state index contributed by atoms with van der Waals surface area (Å²) in [4.78, 5) is 6.10. The zero-order chi connectivity index (χ0) is 12.0. The Kier molecular flexibility index (Phi) is 5.26. The fourth-order valence-corrected chi connectivity index (χ4v) is 2.01. The number of H-pyrrole nitrogens is 2. The molecule has 0 radical (unpaired) electrons. The topological polar surface area (TPSA) is 31.6 Å². The van der Waals surface area contributed by atoms with Gasteiger partial charge >= 0.3 is 0 Å². The van der Waals surface area contributed by atoms with Crippen LogP contribution in [0.3, 0.4) is 0 Å². The molecule has 0 saturated heterocycles. The molecule has 0 saturated carbocycles. The Balaban J connectivity index is 0.000000606. The van der Waals surface area contributed by atoms with Crippen LogP contribution >= 0.6 is 12.2 Å². The molecule has 2 rings (SSSR count). The summed E-state index contributed by atoms with van der Waals surface area (Å²) >= 11 is 5.00. The molecule has 0 fully saturated rings. The Hall–Kier alpha value is -1.09. The van der Waals surface area contributed by atoms with E-state index in [4.69, 9.17) is 12.2 Å². The van der Waals surface area contributed by atoms with Crippen LogP contribution in [0.25, 0.3) is 12.7 Å². The lowest BCUT2D eigenvalue weighted by atomic mass is 9.94. The molecule has 1 heterocycles. The number of nitrogens with one attached hydrogen (secondary N) is 2. The fraction of sp³-hybridized carbons (Fsp3) is 0.462. The number of aromatic amines is 2. The van der Waals surface area contributed by atoms with Crippen LogP contribution < -0.4 is 10.7 Å². The average molecular weight is 236 g/mol. The van der Waals surface area contributed by atoms with Gasteiger partial charge in [-0.15, -0.1) is 0 Å². The molecule has 0 aliphatic heterocycles. The molecule has 1 aromatic heterocycles. The maximum Gasteiger partial charge on any atom is 0.175 e. The monoisotopic (exact) mass is 236 g/mol. The number of hydrogen-bond donors (Lipinski definition) is 2. The summed E-state index contributed by atoms with van der Waals surface area (Å²) in [6.45, 7) is 7.90. The van der Waals surface area contributed by atoms with Crippen LogP contribution in [-0.4, -0.2) is 9.97 Å². The zero-order valence-electron chi connectivity index (χ0n) is 10.0. The lowest BCUT2D eigenvalue weighted by Crippen LogP contribution is -2.24. The third-order valence-electron chi connectivity index (χ3n) is 2.55. The highest BCUT2D eigenvalue weighted by Crippen LogP contribution is 2.18. The molecule has 1 unspecified atom stereocenters. The highest BCUT2D eigenvalue weighted by Gasteiger charge is 2.05. The number of hydrogen-bond acceptors (Lipinski definition) is 1. The van der Waals surface area contributed by atoms with Crippen molar-refractivity contribution in [2.45, 2.75) is 33.1 Å². The summed E-state index contributed by atoms with van der Waals surface area (Å²) in [5.41, 5.74) is 0. The molecule has 1 aliphatic rings. The second kappa shape index (κ2) is 6.48. The van der Waals surface area contributed by atoms with E-state index in [1.165, 1.54) is 12.8 Å². The molecule has 1 aromatic rings. The molecule has 0 aromatic carbocycles. The van der Waals surface area contributed by atoms with E-state index in [-0.39, 0.29) is 0 Å². The Bertz CT molecular complexity index is 493. The number of allylic oxidation sites excluding steroid dienone is 2. The van der Waals surface area contributed by atoms with Gasteiger partial charge in [0.05, 0.1) is 10.7 Å². The second-order valence-corrected chi connectivity index (χ2v) is 4.09. The largest absolute Gasteiger partial charge is 0.331 e. The van der Waals surface area contributed by atoms with E-state index in [2.05, 4.69) is 34.8 Å². The lowest BCUT2D eigenvalue weighted by molar-refractivity contribution is 0.611. The molecule has 0 bridgehead atoms. The van der Waals surface area contributed by atoms with Gasteiger partial charge < -0.3 is 9.97 Å².